The van der Waals surface area contributed by atoms with Gasteiger partial charge in [-0.15, -0.1) is 0 Å². The Bertz CT molecular complexity index is 281. The van der Waals surface area contributed by atoms with Crippen LogP contribution in [0.25, 0.3) is 0 Å². The first-order valence-corrected chi connectivity index (χ1v) is 4.71. The Hall–Kier alpha value is -0.580. The predicted molar refractivity (Wildman–Crippen MR) is 33.6 cm³/mol. The van der Waals surface area contributed by atoms with E-state index in [4.69, 9.17) is 0 Å². The summed E-state index contributed by atoms with van der Waals surface area (Å²) in [4.78, 5) is 10.8. The van der Waals surface area contributed by atoms with Crippen LogP contribution in [0.1, 0.15) is 12.8 Å². The van der Waals surface area contributed by atoms with E-state index in [-0.39, 0.29) is 11.8 Å². The van der Waals surface area contributed by atoms with Gasteiger partial charge >= 0.3 is 0 Å². The Labute approximate surface area is 58.7 Å². The third kappa shape index (κ3) is 0.558. The van der Waals surface area contributed by atoms with Crippen molar-refractivity contribution in [1.82, 2.24) is 4.72 Å². The number of hydrogen-bond donors (Lipinski definition) is 1. The molecular weight excluding hydrogens is 154 g/mol. The average Bonchev–Trinajstić information content (AvgIpc) is 1.66. The maximum atomic E-state index is 10.9. The van der Waals surface area contributed by atoms with Gasteiger partial charge in [0, 0.05) is 0 Å². The van der Waals surface area contributed by atoms with E-state index < -0.39 is 15.3 Å². The summed E-state index contributed by atoms with van der Waals surface area (Å²) in [6.07, 6.45) is 1.38. The first-order chi connectivity index (χ1) is 4.61. The number of carbonyl (C=O) groups excluding carboxylic acids is 1. The van der Waals surface area contributed by atoms with E-state index in [1.807, 2.05) is 4.72 Å². The van der Waals surface area contributed by atoms with Gasteiger partial charge in [-0.1, -0.05) is 0 Å². The molecule has 1 aliphatic heterocycles. The lowest BCUT2D eigenvalue weighted by molar-refractivity contribution is -0.123. The van der Waals surface area contributed by atoms with Gasteiger partial charge in [0.05, 0.1) is 11.2 Å². The number of nitrogens with one attached hydrogen (secondary N) is 1. The highest BCUT2D eigenvalue weighted by atomic mass is 32.2. The zero-order valence-corrected chi connectivity index (χ0v) is 6.02. The van der Waals surface area contributed by atoms with E-state index in [1.165, 1.54) is 0 Å². The van der Waals surface area contributed by atoms with Crippen molar-refractivity contribution in [1.29, 1.82) is 0 Å². The maximum Gasteiger partial charge on any atom is 0.238 e. The number of hydrogen-bond acceptors (Lipinski definition) is 3. The summed E-state index contributed by atoms with van der Waals surface area (Å²) in [6, 6.07) is 0. The fraction of sp³-hybridized carbons (Fsp3) is 0.800. The minimum atomic E-state index is -3.24. The first-order valence-electron chi connectivity index (χ1n) is 3.17. The maximum absolute atomic E-state index is 10.9. The summed E-state index contributed by atoms with van der Waals surface area (Å²) in [5.74, 6) is -0.541. The third-order valence-electron chi connectivity index (χ3n) is 2.19. The first kappa shape index (κ1) is 6.15. The van der Waals surface area contributed by atoms with Crippen molar-refractivity contribution in [2.24, 2.45) is 5.92 Å². The molecule has 56 valence electrons. The van der Waals surface area contributed by atoms with Crippen molar-refractivity contribution in [2.75, 3.05) is 0 Å². The van der Waals surface area contributed by atoms with Crippen LogP contribution < -0.4 is 4.72 Å². The topological polar surface area (TPSA) is 63.2 Å². The minimum Gasteiger partial charge on any atom is -0.274 e. The number of fused-ring (bicyclic) bond motifs is 1. The molecular formula is C5H7NO3S. The molecule has 1 saturated carbocycles. The summed E-state index contributed by atoms with van der Waals surface area (Å²) < 4.78 is 23.8. The van der Waals surface area contributed by atoms with Crippen LogP contribution in [0.4, 0.5) is 0 Å². The molecule has 2 rings (SSSR count). The van der Waals surface area contributed by atoms with Crippen LogP contribution in [0.15, 0.2) is 0 Å². The van der Waals surface area contributed by atoms with Crippen molar-refractivity contribution >= 4 is 15.9 Å². The van der Waals surface area contributed by atoms with Crippen LogP contribution in [-0.2, 0) is 14.8 Å². The van der Waals surface area contributed by atoms with E-state index in [0.717, 1.165) is 6.42 Å². The van der Waals surface area contributed by atoms with Crippen molar-refractivity contribution in [3.8, 4) is 0 Å². The van der Waals surface area contributed by atoms with Gasteiger partial charge in [-0.2, -0.15) is 0 Å². The molecule has 0 spiro atoms. The molecule has 1 saturated heterocycles. The van der Waals surface area contributed by atoms with Crippen molar-refractivity contribution in [2.45, 2.75) is 18.1 Å². The fourth-order valence-corrected chi connectivity index (χ4v) is 3.15. The molecule has 0 radical (unpaired) electrons. The predicted octanol–water partition coefficient (Wildman–Crippen LogP) is -0.775. The largest absolute Gasteiger partial charge is 0.274 e. The quantitative estimate of drug-likeness (QED) is 0.507. The molecule has 2 fully saturated rings. The molecule has 2 atom stereocenters. The zero-order valence-electron chi connectivity index (χ0n) is 5.20. The average molecular weight is 161 g/mol. The van der Waals surface area contributed by atoms with Gasteiger partial charge in [0.2, 0.25) is 15.9 Å². The highest BCUT2D eigenvalue weighted by Gasteiger charge is 2.51. The summed E-state index contributed by atoms with van der Waals surface area (Å²) in [5.41, 5.74) is 0. The highest BCUT2D eigenvalue weighted by Crippen LogP contribution is 2.37. The second-order valence-corrected chi connectivity index (χ2v) is 4.63. The smallest absolute Gasteiger partial charge is 0.238 e. The highest BCUT2D eigenvalue weighted by molar-refractivity contribution is 7.91. The summed E-state index contributed by atoms with van der Waals surface area (Å²) in [7, 11) is -3.24. The Balaban J connectivity index is 2.42. The molecule has 1 N–H and O–H groups in total. The molecule has 1 aliphatic carbocycles. The molecule has 5 heteroatoms. The van der Waals surface area contributed by atoms with Gasteiger partial charge < -0.3 is 0 Å². The molecule has 4 nitrogen and oxygen atoms in total. The monoisotopic (exact) mass is 161 g/mol. The lowest BCUT2D eigenvalue weighted by Gasteiger charge is -2.24. The molecule has 0 aromatic carbocycles. The van der Waals surface area contributed by atoms with Crippen molar-refractivity contribution in [3.05, 3.63) is 0 Å². The molecule has 0 bridgehead atoms. The molecule has 2 unspecified atom stereocenters. The van der Waals surface area contributed by atoms with Crippen LogP contribution in [-0.4, -0.2) is 19.6 Å². The summed E-state index contributed by atoms with van der Waals surface area (Å²) in [6.45, 7) is 0. The molecule has 2 aliphatic rings. The standard InChI is InChI=1S/C5H7NO3S/c7-5-3-1-2-4(3)10(8,9)6-5/h3-4H,1-2H2,(H,6,7). The number of sulfonamides is 1. The summed E-state index contributed by atoms with van der Waals surface area (Å²) >= 11 is 0. The molecule has 1 amide bonds. The molecule has 1 heterocycles. The lowest BCUT2D eigenvalue weighted by atomic mass is 9.84. The molecule has 10 heavy (non-hydrogen) atoms. The normalized spacial score (nSPS) is 41.8. The van der Waals surface area contributed by atoms with Crippen LogP contribution in [0.2, 0.25) is 0 Å². The SMILES string of the molecule is O=C1NS(=O)(=O)C2CCC12. The van der Waals surface area contributed by atoms with Gasteiger partial charge in [-0.3, -0.25) is 9.52 Å². The van der Waals surface area contributed by atoms with E-state index >= 15 is 0 Å². The van der Waals surface area contributed by atoms with E-state index in [0.29, 0.717) is 6.42 Å². The second kappa shape index (κ2) is 1.53. The van der Waals surface area contributed by atoms with Gasteiger partial charge in [0.1, 0.15) is 0 Å². The van der Waals surface area contributed by atoms with E-state index in [9.17, 15) is 13.2 Å². The number of carbonyl (C=O) groups is 1. The van der Waals surface area contributed by atoms with Gasteiger partial charge in [-0.25, -0.2) is 8.42 Å². The van der Waals surface area contributed by atoms with Crippen molar-refractivity contribution < 1.29 is 13.2 Å². The zero-order chi connectivity index (χ0) is 7.35. The molecule has 0 aromatic rings. The van der Waals surface area contributed by atoms with Crippen LogP contribution in [0.5, 0.6) is 0 Å². The lowest BCUT2D eigenvalue weighted by Crippen LogP contribution is -2.33. The Morgan fingerprint density at radius 2 is 2.10 bits per heavy atom. The van der Waals surface area contributed by atoms with E-state index in [2.05, 4.69) is 0 Å². The number of amides is 1. The third-order valence-corrected chi connectivity index (χ3v) is 4.04. The summed E-state index contributed by atoms with van der Waals surface area (Å²) in [5, 5.41) is -0.403. The van der Waals surface area contributed by atoms with Crippen LogP contribution in [0.3, 0.4) is 0 Å². The van der Waals surface area contributed by atoms with Gasteiger partial charge in [-0.05, 0) is 12.8 Å². The molecule has 0 aromatic heterocycles. The van der Waals surface area contributed by atoms with E-state index in [1.54, 1.807) is 0 Å². The second-order valence-electron chi connectivity index (χ2n) is 2.73. The van der Waals surface area contributed by atoms with Gasteiger partial charge in [0.25, 0.3) is 0 Å². The minimum absolute atomic E-state index is 0.231. The Kier molecular flexibility index (Phi) is 0.940. The van der Waals surface area contributed by atoms with Crippen molar-refractivity contribution in [3.63, 3.8) is 0 Å². The Morgan fingerprint density at radius 1 is 1.40 bits per heavy atom. The van der Waals surface area contributed by atoms with Crippen LogP contribution >= 0.6 is 0 Å². The van der Waals surface area contributed by atoms with Crippen LogP contribution in [0, 0.1) is 5.92 Å². The Morgan fingerprint density at radius 3 is 2.30 bits per heavy atom. The fourth-order valence-electron chi connectivity index (χ4n) is 1.43. The van der Waals surface area contributed by atoms with Gasteiger partial charge in [0.15, 0.2) is 0 Å². The number of rotatable bonds is 0.